The van der Waals surface area contributed by atoms with Crippen LogP contribution in [-0.4, -0.2) is 61.9 Å². The number of sulfone groups is 1. The maximum absolute atomic E-state index is 12.5. The van der Waals surface area contributed by atoms with E-state index in [1.165, 1.54) is 0 Å². The van der Waals surface area contributed by atoms with E-state index in [-0.39, 0.29) is 30.5 Å². The quantitative estimate of drug-likeness (QED) is 0.854. The monoisotopic (exact) mass is 323 g/mol. The maximum Gasteiger partial charge on any atom is 0.255 e. The maximum atomic E-state index is 12.5. The average Bonchev–Trinajstić information content (AvgIpc) is 3.00. The van der Waals surface area contributed by atoms with Crippen molar-refractivity contribution in [1.82, 2.24) is 15.2 Å². The van der Waals surface area contributed by atoms with Gasteiger partial charge in [0.15, 0.2) is 9.84 Å². The lowest BCUT2D eigenvalue weighted by Gasteiger charge is -2.26. The fourth-order valence-corrected chi connectivity index (χ4v) is 4.24. The van der Waals surface area contributed by atoms with Crippen molar-refractivity contribution in [3.63, 3.8) is 0 Å². The number of aromatic nitrogens is 1. The number of hydrogen-bond acceptors (Lipinski definition) is 5. The molecule has 2 saturated heterocycles. The molecule has 0 radical (unpaired) electrons. The summed E-state index contributed by atoms with van der Waals surface area (Å²) in [7, 11) is -2.97. The molecular weight excluding hydrogens is 302 g/mol. The molecule has 2 fully saturated rings. The van der Waals surface area contributed by atoms with Crippen molar-refractivity contribution in [1.29, 1.82) is 0 Å². The predicted octanol–water partition coefficient (Wildman–Crippen LogP) is 0.104. The normalized spacial score (nSPS) is 24.4. The van der Waals surface area contributed by atoms with Crippen LogP contribution < -0.4 is 5.32 Å². The highest BCUT2D eigenvalue weighted by molar-refractivity contribution is 7.91. The Morgan fingerprint density at radius 2 is 2.09 bits per heavy atom. The van der Waals surface area contributed by atoms with Gasteiger partial charge in [0.1, 0.15) is 0 Å². The lowest BCUT2D eigenvalue weighted by atomic mass is 9.99. The molecule has 1 amide bonds. The van der Waals surface area contributed by atoms with Gasteiger partial charge in [-0.2, -0.15) is 0 Å². The molecule has 1 atom stereocenters. The third-order valence-electron chi connectivity index (χ3n) is 4.36. The van der Waals surface area contributed by atoms with Crippen LogP contribution in [0.1, 0.15) is 22.3 Å². The molecule has 0 aromatic carbocycles. The van der Waals surface area contributed by atoms with E-state index in [9.17, 15) is 13.2 Å². The number of carbonyl (C=O) groups excluding carboxylic acids is 1. The van der Waals surface area contributed by atoms with E-state index < -0.39 is 9.84 Å². The molecule has 3 heterocycles. The third kappa shape index (κ3) is 3.64. The lowest BCUT2D eigenvalue weighted by Crippen LogP contribution is -2.43. The van der Waals surface area contributed by atoms with E-state index in [2.05, 4.69) is 10.3 Å². The Morgan fingerprint density at radius 3 is 2.77 bits per heavy atom. The molecule has 0 saturated carbocycles. The summed E-state index contributed by atoms with van der Waals surface area (Å²) >= 11 is 0. The summed E-state index contributed by atoms with van der Waals surface area (Å²) in [4.78, 5) is 18.3. The molecule has 0 spiro atoms. The topological polar surface area (TPSA) is 79.4 Å². The molecule has 22 heavy (non-hydrogen) atoms. The summed E-state index contributed by atoms with van der Waals surface area (Å²) < 4.78 is 22.9. The predicted molar refractivity (Wildman–Crippen MR) is 83.5 cm³/mol. The van der Waals surface area contributed by atoms with Crippen LogP contribution in [0.3, 0.4) is 0 Å². The van der Waals surface area contributed by atoms with Crippen LogP contribution in [0.2, 0.25) is 0 Å². The number of amides is 1. The van der Waals surface area contributed by atoms with Crippen molar-refractivity contribution in [2.75, 3.05) is 37.7 Å². The Morgan fingerprint density at radius 1 is 1.32 bits per heavy atom. The molecule has 1 aromatic rings. The molecule has 1 unspecified atom stereocenters. The molecule has 1 N–H and O–H groups in total. The Kier molecular flexibility index (Phi) is 4.44. The molecule has 1 aromatic heterocycles. The van der Waals surface area contributed by atoms with Crippen LogP contribution in [0, 0.1) is 5.92 Å². The van der Waals surface area contributed by atoms with Gasteiger partial charge in [-0.1, -0.05) is 0 Å². The number of pyridine rings is 1. The molecule has 3 rings (SSSR count). The second-order valence-corrected chi connectivity index (χ2v) is 8.39. The standard InChI is InChI=1S/C15H21N3O3S/c19-15(18-3-5-22(20,21)6-4-18)14-8-13(10-17-11-14)7-12-1-2-16-9-12/h8,10-12,16H,1-7,9H2. The molecule has 2 aliphatic rings. The van der Waals surface area contributed by atoms with Gasteiger partial charge in [0.05, 0.1) is 17.1 Å². The van der Waals surface area contributed by atoms with E-state index in [1.807, 2.05) is 12.3 Å². The summed E-state index contributed by atoms with van der Waals surface area (Å²) in [6.45, 7) is 2.62. The summed E-state index contributed by atoms with van der Waals surface area (Å²) in [5.74, 6) is 0.597. The fraction of sp³-hybridized carbons (Fsp3) is 0.600. The SMILES string of the molecule is O=C(c1cncc(CC2CCNC2)c1)N1CCS(=O)(=O)CC1. The molecular formula is C15H21N3O3S. The third-order valence-corrected chi connectivity index (χ3v) is 5.97. The minimum Gasteiger partial charge on any atom is -0.337 e. The van der Waals surface area contributed by atoms with Crippen LogP contribution in [0.15, 0.2) is 18.5 Å². The molecule has 0 aliphatic carbocycles. The smallest absolute Gasteiger partial charge is 0.255 e. The van der Waals surface area contributed by atoms with Crippen LogP contribution in [0.5, 0.6) is 0 Å². The van der Waals surface area contributed by atoms with Crippen molar-refractivity contribution in [2.45, 2.75) is 12.8 Å². The first-order valence-electron chi connectivity index (χ1n) is 7.68. The zero-order valence-electron chi connectivity index (χ0n) is 12.5. The second-order valence-electron chi connectivity index (χ2n) is 6.09. The summed E-state index contributed by atoms with van der Waals surface area (Å²) in [6.07, 6.45) is 5.47. The first-order chi connectivity index (χ1) is 10.5. The summed E-state index contributed by atoms with van der Waals surface area (Å²) in [5, 5.41) is 3.34. The van der Waals surface area contributed by atoms with Crippen LogP contribution in [-0.2, 0) is 16.3 Å². The van der Waals surface area contributed by atoms with Crippen molar-refractivity contribution in [3.8, 4) is 0 Å². The van der Waals surface area contributed by atoms with Crippen molar-refractivity contribution in [3.05, 3.63) is 29.6 Å². The highest BCUT2D eigenvalue weighted by atomic mass is 32.2. The molecule has 0 bridgehead atoms. The van der Waals surface area contributed by atoms with Gasteiger partial charge in [-0.3, -0.25) is 9.78 Å². The zero-order valence-corrected chi connectivity index (χ0v) is 13.3. The number of rotatable bonds is 3. The van der Waals surface area contributed by atoms with Crippen molar-refractivity contribution >= 4 is 15.7 Å². The number of hydrogen-bond donors (Lipinski definition) is 1. The first kappa shape index (κ1) is 15.4. The van der Waals surface area contributed by atoms with Gasteiger partial charge < -0.3 is 10.2 Å². The fourth-order valence-electron chi connectivity index (χ4n) is 3.04. The van der Waals surface area contributed by atoms with Gasteiger partial charge in [-0.05, 0) is 43.5 Å². The van der Waals surface area contributed by atoms with Crippen molar-refractivity contribution in [2.24, 2.45) is 5.92 Å². The molecule has 2 aliphatic heterocycles. The van der Waals surface area contributed by atoms with Gasteiger partial charge in [0.25, 0.3) is 5.91 Å². The largest absolute Gasteiger partial charge is 0.337 e. The first-order valence-corrected chi connectivity index (χ1v) is 9.50. The minimum atomic E-state index is -2.97. The van der Waals surface area contributed by atoms with Gasteiger partial charge in [-0.15, -0.1) is 0 Å². The van der Waals surface area contributed by atoms with Crippen LogP contribution in [0.25, 0.3) is 0 Å². The summed E-state index contributed by atoms with van der Waals surface area (Å²) in [6, 6.07) is 1.90. The Bertz CT molecular complexity index is 640. The van der Waals surface area contributed by atoms with Crippen molar-refractivity contribution < 1.29 is 13.2 Å². The van der Waals surface area contributed by atoms with E-state index in [1.54, 1.807) is 11.1 Å². The average molecular weight is 323 g/mol. The van der Waals surface area contributed by atoms with Gasteiger partial charge in [0.2, 0.25) is 0 Å². The van der Waals surface area contributed by atoms with E-state index in [0.29, 0.717) is 11.5 Å². The second kappa shape index (κ2) is 6.34. The molecule has 6 nitrogen and oxygen atoms in total. The molecule has 120 valence electrons. The Balaban J connectivity index is 1.67. The number of nitrogens with zero attached hydrogens (tertiary/aromatic N) is 2. The Hall–Kier alpha value is -1.47. The number of nitrogens with one attached hydrogen (secondary N) is 1. The summed E-state index contributed by atoms with van der Waals surface area (Å²) in [5.41, 5.74) is 1.63. The van der Waals surface area contributed by atoms with E-state index in [0.717, 1.165) is 31.5 Å². The zero-order chi connectivity index (χ0) is 15.6. The Labute approximate surface area is 130 Å². The van der Waals surface area contributed by atoms with Gasteiger partial charge in [0, 0.05) is 25.5 Å². The van der Waals surface area contributed by atoms with E-state index >= 15 is 0 Å². The molecule has 7 heteroatoms. The minimum absolute atomic E-state index is 0.0552. The van der Waals surface area contributed by atoms with Crippen LogP contribution in [0.4, 0.5) is 0 Å². The highest BCUT2D eigenvalue weighted by Crippen LogP contribution is 2.16. The van der Waals surface area contributed by atoms with Gasteiger partial charge >= 0.3 is 0 Å². The number of carbonyl (C=O) groups is 1. The van der Waals surface area contributed by atoms with E-state index in [4.69, 9.17) is 0 Å². The van der Waals surface area contributed by atoms with Gasteiger partial charge in [-0.25, -0.2) is 8.42 Å². The lowest BCUT2D eigenvalue weighted by molar-refractivity contribution is 0.0769. The van der Waals surface area contributed by atoms with Crippen LogP contribution >= 0.6 is 0 Å². The highest BCUT2D eigenvalue weighted by Gasteiger charge is 2.26.